The van der Waals surface area contributed by atoms with E-state index in [1.165, 1.54) is 0 Å². The fourth-order valence-electron chi connectivity index (χ4n) is 3.96. The lowest BCUT2D eigenvalue weighted by Gasteiger charge is -2.22. The first kappa shape index (κ1) is 15.0. The molecule has 1 aromatic heterocycles. The second-order valence-electron chi connectivity index (χ2n) is 6.82. The van der Waals surface area contributed by atoms with Gasteiger partial charge < -0.3 is 14.1 Å². The number of carbonyl (C=O) groups excluding carboxylic acids is 1. The van der Waals surface area contributed by atoms with Gasteiger partial charge in [-0.2, -0.15) is 0 Å². The van der Waals surface area contributed by atoms with E-state index in [4.69, 9.17) is 9.15 Å². The van der Waals surface area contributed by atoms with Gasteiger partial charge in [-0.3, -0.25) is 9.69 Å². The number of rotatable bonds is 3. The van der Waals surface area contributed by atoms with Crippen LogP contribution in [0.25, 0.3) is 0 Å². The zero-order chi connectivity index (χ0) is 15.6. The van der Waals surface area contributed by atoms with Crippen LogP contribution in [0.5, 0.6) is 0 Å². The Morgan fingerprint density at radius 1 is 1.30 bits per heavy atom. The van der Waals surface area contributed by atoms with Gasteiger partial charge in [0.1, 0.15) is 5.76 Å². The van der Waals surface area contributed by atoms with E-state index in [1.54, 1.807) is 6.26 Å². The second kappa shape index (κ2) is 6.49. The number of amides is 1. The number of carbonyl (C=O) groups is 1. The van der Waals surface area contributed by atoms with Gasteiger partial charge in [-0.1, -0.05) is 6.08 Å². The van der Waals surface area contributed by atoms with Crippen molar-refractivity contribution < 1.29 is 13.9 Å². The number of furan rings is 1. The lowest BCUT2D eigenvalue weighted by Crippen LogP contribution is -2.34. The summed E-state index contributed by atoms with van der Waals surface area (Å²) >= 11 is 0. The van der Waals surface area contributed by atoms with Gasteiger partial charge in [0.05, 0.1) is 25.5 Å². The van der Waals surface area contributed by atoms with Crippen LogP contribution in [-0.2, 0) is 16.1 Å². The van der Waals surface area contributed by atoms with E-state index in [1.807, 2.05) is 17.0 Å². The van der Waals surface area contributed by atoms with Crippen molar-refractivity contribution in [2.75, 3.05) is 32.8 Å². The summed E-state index contributed by atoms with van der Waals surface area (Å²) in [5, 5.41) is 0. The van der Waals surface area contributed by atoms with Gasteiger partial charge in [-0.05, 0) is 31.4 Å². The Morgan fingerprint density at radius 2 is 2.26 bits per heavy atom. The summed E-state index contributed by atoms with van der Waals surface area (Å²) in [6, 6.07) is 3.94. The fourth-order valence-corrected chi connectivity index (χ4v) is 3.96. The third-order valence-electron chi connectivity index (χ3n) is 5.18. The average Bonchev–Trinajstić information content (AvgIpc) is 3.28. The number of allylic oxidation sites excluding steroid dienone is 1. The first-order valence-electron chi connectivity index (χ1n) is 8.64. The van der Waals surface area contributed by atoms with Crippen molar-refractivity contribution in [1.29, 1.82) is 0 Å². The summed E-state index contributed by atoms with van der Waals surface area (Å²) in [7, 11) is 0. The summed E-state index contributed by atoms with van der Waals surface area (Å²) in [6.07, 6.45) is 7.13. The summed E-state index contributed by atoms with van der Waals surface area (Å²) in [4.78, 5) is 17.0. The average molecular weight is 316 g/mol. The van der Waals surface area contributed by atoms with Crippen LogP contribution in [0.15, 0.2) is 34.5 Å². The minimum Gasteiger partial charge on any atom is -0.468 e. The molecule has 23 heavy (non-hydrogen) atoms. The third kappa shape index (κ3) is 3.21. The maximum Gasteiger partial charge on any atom is 0.249 e. The van der Waals surface area contributed by atoms with E-state index in [-0.39, 0.29) is 12.0 Å². The molecule has 2 aliphatic heterocycles. The first-order valence-corrected chi connectivity index (χ1v) is 8.64. The molecule has 5 nitrogen and oxygen atoms in total. The molecule has 0 unspecified atom stereocenters. The minimum atomic E-state index is 0.183. The fraction of sp³-hybridized carbons (Fsp3) is 0.611. The van der Waals surface area contributed by atoms with E-state index < -0.39 is 0 Å². The second-order valence-corrected chi connectivity index (χ2v) is 6.82. The van der Waals surface area contributed by atoms with Crippen molar-refractivity contribution in [1.82, 2.24) is 9.80 Å². The number of fused-ring (bicyclic) bond motifs is 1. The van der Waals surface area contributed by atoms with Gasteiger partial charge >= 0.3 is 0 Å². The lowest BCUT2D eigenvalue weighted by molar-refractivity contribution is -0.126. The van der Waals surface area contributed by atoms with Gasteiger partial charge in [0.25, 0.3) is 0 Å². The van der Waals surface area contributed by atoms with Crippen molar-refractivity contribution in [3.63, 3.8) is 0 Å². The highest BCUT2D eigenvalue weighted by Gasteiger charge is 2.39. The molecule has 2 saturated heterocycles. The summed E-state index contributed by atoms with van der Waals surface area (Å²) < 4.78 is 11.5. The van der Waals surface area contributed by atoms with E-state index in [0.717, 1.165) is 69.9 Å². The number of likely N-dealkylation sites (tertiary alicyclic amines) is 1. The summed E-state index contributed by atoms with van der Waals surface area (Å²) in [6.45, 7) is 5.00. The van der Waals surface area contributed by atoms with Crippen LogP contribution >= 0.6 is 0 Å². The molecule has 2 fully saturated rings. The molecule has 4 rings (SSSR count). The Bertz CT molecular complexity index is 581. The minimum absolute atomic E-state index is 0.183. The van der Waals surface area contributed by atoms with E-state index in [2.05, 4.69) is 11.0 Å². The molecule has 5 heteroatoms. The lowest BCUT2D eigenvalue weighted by atomic mass is 10.1. The molecule has 2 atom stereocenters. The monoisotopic (exact) mass is 316 g/mol. The molecule has 1 amide bonds. The zero-order valence-corrected chi connectivity index (χ0v) is 13.4. The van der Waals surface area contributed by atoms with Gasteiger partial charge in [0.2, 0.25) is 5.91 Å². The van der Waals surface area contributed by atoms with Crippen LogP contribution in [0, 0.1) is 5.92 Å². The van der Waals surface area contributed by atoms with Crippen LogP contribution in [0.4, 0.5) is 0 Å². The number of nitrogens with zero attached hydrogens (tertiary/aromatic N) is 2. The molecule has 1 aliphatic carbocycles. The Hall–Kier alpha value is -1.59. The highest BCUT2D eigenvalue weighted by atomic mass is 16.5. The topological polar surface area (TPSA) is 45.9 Å². The smallest absolute Gasteiger partial charge is 0.249 e. The number of hydrogen-bond donors (Lipinski definition) is 0. The van der Waals surface area contributed by atoms with Crippen molar-refractivity contribution in [3.05, 3.63) is 35.8 Å². The van der Waals surface area contributed by atoms with Crippen molar-refractivity contribution in [2.45, 2.75) is 31.9 Å². The molecule has 1 aromatic rings. The van der Waals surface area contributed by atoms with Gasteiger partial charge in [0.15, 0.2) is 0 Å². The van der Waals surface area contributed by atoms with Crippen LogP contribution in [0.3, 0.4) is 0 Å². The van der Waals surface area contributed by atoms with Gasteiger partial charge in [-0.15, -0.1) is 0 Å². The Morgan fingerprint density at radius 3 is 3.04 bits per heavy atom. The maximum atomic E-state index is 12.6. The van der Waals surface area contributed by atoms with Crippen molar-refractivity contribution in [3.8, 4) is 0 Å². The molecule has 3 aliphatic rings. The van der Waals surface area contributed by atoms with Crippen LogP contribution in [-0.4, -0.2) is 54.6 Å². The Kier molecular flexibility index (Phi) is 4.23. The van der Waals surface area contributed by atoms with Crippen molar-refractivity contribution >= 4 is 5.91 Å². The SMILES string of the molecule is O=C(C1=CCCC1)N1C[C@H]2CN(Cc3ccco3)CCO[C@H]2C1. The first-order chi connectivity index (χ1) is 11.3. The summed E-state index contributed by atoms with van der Waals surface area (Å²) in [5.41, 5.74) is 1.01. The molecule has 0 saturated carbocycles. The molecule has 0 bridgehead atoms. The normalized spacial score (nSPS) is 28.5. The molecular weight excluding hydrogens is 292 g/mol. The molecular formula is C18H24N2O3. The molecule has 0 spiro atoms. The quantitative estimate of drug-likeness (QED) is 0.856. The van der Waals surface area contributed by atoms with Crippen molar-refractivity contribution in [2.24, 2.45) is 5.92 Å². The predicted molar refractivity (Wildman–Crippen MR) is 85.7 cm³/mol. The third-order valence-corrected chi connectivity index (χ3v) is 5.18. The predicted octanol–water partition coefficient (Wildman–Crippen LogP) is 2.05. The highest BCUT2D eigenvalue weighted by molar-refractivity contribution is 5.94. The standard InChI is InChI=1S/C18H24N2O3/c21-18(14-4-1-2-5-14)20-11-15-10-19(7-9-23-17(15)13-20)12-16-6-3-8-22-16/h3-4,6,8,15,17H,1-2,5,7,9-13H2/t15-,17+/m1/s1. The molecule has 0 N–H and O–H groups in total. The Balaban J connectivity index is 1.39. The number of hydrogen-bond acceptors (Lipinski definition) is 4. The van der Waals surface area contributed by atoms with Gasteiger partial charge in [0, 0.05) is 37.7 Å². The van der Waals surface area contributed by atoms with Crippen LogP contribution < -0.4 is 0 Å². The molecule has 3 heterocycles. The van der Waals surface area contributed by atoms with E-state index >= 15 is 0 Å². The molecule has 0 radical (unpaired) electrons. The Labute approximate surface area is 136 Å². The zero-order valence-electron chi connectivity index (χ0n) is 13.4. The largest absolute Gasteiger partial charge is 0.468 e. The highest BCUT2D eigenvalue weighted by Crippen LogP contribution is 2.28. The molecule has 0 aromatic carbocycles. The van der Waals surface area contributed by atoms with Crippen LogP contribution in [0.2, 0.25) is 0 Å². The summed E-state index contributed by atoms with van der Waals surface area (Å²) in [5.74, 6) is 1.63. The maximum absolute atomic E-state index is 12.6. The van der Waals surface area contributed by atoms with Gasteiger partial charge in [-0.25, -0.2) is 0 Å². The van der Waals surface area contributed by atoms with E-state index in [9.17, 15) is 4.79 Å². The number of ether oxygens (including phenoxy) is 1. The van der Waals surface area contributed by atoms with Crippen LogP contribution in [0.1, 0.15) is 25.0 Å². The van der Waals surface area contributed by atoms with E-state index in [0.29, 0.717) is 5.92 Å². The molecule has 124 valence electrons.